The number of carbonyl (C=O) groups is 2. The Kier molecular flexibility index (Phi) is 6.27. The van der Waals surface area contributed by atoms with Gasteiger partial charge in [-0.25, -0.2) is 0 Å². The number of likely N-dealkylation sites (tertiary alicyclic amines) is 2. The molecular formula is C20H26F3N3O2. The minimum atomic E-state index is -4.41. The Bertz CT molecular complexity index is 715. The monoisotopic (exact) mass is 397 g/mol. The first kappa shape index (κ1) is 20.6. The van der Waals surface area contributed by atoms with Gasteiger partial charge >= 0.3 is 6.18 Å². The molecule has 0 aromatic heterocycles. The zero-order valence-corrected chi connectivity index (χ0v) is 16.0. The summed E-state index contributed by atoms with van der Waals surface area (Å²) in [4.78, 5) is 28.4. The predicted octanol–water partition coefficient (Wildman–Crippen LogP) is 2.51. The molecule has 0 radical (unpaired) electrons. The summed E-state index contributed by atoms with van der Waals surface area (Å²) in [6, 6.07) is 5.00. The molecule has 0 spiro atoms. The van der Waals surface area contributed by atoms with Crippen LogP contribution in [-0.2, 0) is 22.3 Å². The van der Waals surface area contributed by atoms with Gasteiger partial charge < -0.3 is 15.1 Å². The molecule has 2 fully saturated rings. The second-order valence-electron chi connectivity index (χ2n) is 7.70. The number of halogens is 3. The maximum atomic E-state index is 12.9. The lowest BCUT2D eigenvalue weighted by molar-refractivity contribution is -0.138. The van der Waals surface area contributed by atoms with Gasteiger partial charge in [-0.05, 0) is 50.0 Å². The van der Waals surface area contributed by atoms with Gasteiger partial charge in [0.25, 0.3) is 0 Å². The maximum absolute atomic E-state index is 12.9. The summed E-state index contributed by atoms with van der Waals surface area (Å²) in [6.07, 6.45) is -2.39. The normalized spacial score (nSPS) is 21.4. The molecule has 154 valence electrons. The van der Waals surface area contributed by atoms with Crippen molar-refractivity contribution in [1.29, 1.82) is 0 Å². The fourth-order valence-electron chi connectivity index (χ4n) is 4.06. The SMILES string of the molecule is CNCC1CCN(C(=O)C2CC(=O)N(Cc3cccc(C(F)(F)F)c3)C2)CC1. The van der Waals surface area contributed by atoms with E-state index < -0.39 is 17.7 Å². The summed E-state index contributed by atoms with van der Waals surface area (Å²) in [5.74, 6) is -0.0283. The van der Waals surface area contributed by atoms with E-state index in [-0.39, 0.29) is 31.3 Å². The molecule has 8 heteroatoms. The summed E-state index contributed by atoms with van der Waals surface area (Å²) in [6.45, 7) is 2.70. The van der Waals surface area contributed by atoms with Crippen LogP contribution >= 0.6 is 0 Å². The predicted molar refractivity (Wildman–Crippen MR) is 98.2 cm³/mol. The number of piperidine rings is 1. The van der Waals surface area contributed by atoms with Crippen LogP contribution in [0.1, 0.15) is 30.4 Å². The lowest BCUT2D eigenvalue weighted by atomic mass is 9.95. The van der Waals surface area contributed by atoms with E-state index in [1.54, 1.807) is 6.07 Å². The van der Waals surface area contributed by atoms with E-state index in [0.29, 0.717) is 24.6 Å². The van der Waals surface area contributed by atoms with Gasteiger partial charge in [0.2, 0.25) is 11.8 Å². The van der Waals surface area contributed by atoms with E-state index in [4.69, 9.17) is 0 Å². The van der Waals surface area contributed by atoms with Crippen molar-refractivity contribution >= 4 is 11.8 Å². The van der Waals surface area contributed by atoms with E-state index in [2.05, 4.69) is 5.32 Å². The molecule has 3 rings (SSSR count). The van der Waals surface area contributed by atoms with Crippen LogP contribution in [0.3, 0.4) is 0 Å². The molecule has 2 aliphatic rings. The number of carbonyl (C=O) groups excluding carboxylic acids is 2. The van der Waals surface area contributed by atoms with E-state index in [0.717, 1.165) is 31.5 Å². The Morgan fingerprint density at radius 3 is 2.61 bits per heavy atom. The summed E-state index contributed by atoms with van der Waals surface area (Å²) in [5, 5.41) is 3.16. The number of rotatable bonds is 5. The molecule has 2 aliphatic heterocycles. The third-order valence-electron chi connectivity index (χ3n) is 5.61. The van der Waals surface area contributed by atoms with E-state index >= 15 is 0 Å². The molecule has 0 bridgehead atoms. The Morgan fingerprint density at radius 1 is 1.25 bits per heavy atom. The Labute approximate surface area is 162 Å². The first-order valence-electron chi connectivity index (χ1n) is 9.65. The van der Waals surface area contributed by atoms with Crippen LogP contribution in [0.4, 0.5) is 13.2 Å². The molecule has 5 nitrogen and oxygen atoms in total. The first-order chi connectivity index (χ1) is 13.3. The minimum absolute atomic E-state index is 0.0113. The van der Waals surface area contributed by atoms with Gasteiger partial charge in [-0.2, -0.15) is 13.2 Å². The fourth-order valence-corrected chi connectivity index (χ4v) is 4.06. The molecule has 1 atom stereocenters. The Hall–Kier alpha value is -2.09. The van der Waals surface area contributed by atoms with E-state index in [1.807, 2.05) is 11.9 Å². The average Bonchev–Trinajstić information content (AvgIpc) is 3.02. The molecular weight excluding hydrogens is 371 g/mol. The van der Waals surface area contributed by atoms with Crippen molar-refractivity contribution in [3.8, 4) is 0 Å². The number of hydrogen-bond acceptors (Lipinski definition) is 3. The third kappa shape index (κ3) is 4.84. The minimum Gasteiger partial charge on any atom is -0.342 e. The molecule has 1 aromatic carbocycles. The van der Waals surface area contributed by atoms with Crippen molar-refractivity contribution in [2.75, 3.05) is 33.2 Å². The highest BCUT2D eigenvalue weighted by Gasteiger charge is 2.37. The number of amides is 2. The zero-order valence-electron chi connectivity index (χ0n) is 16.0. The molecule has 2 heterocycles. The second kappa shape index (κ2) is 8.51. The highest BCUT2D eigenvalue weighted by molar-refractivity contribution is 5.89. The first-order valence-corrected chi connectivity index (χ1v) is 9.65. The van der Waals surface area contributed by atoms with E-state index in [1.165, 1.54) is 11.0 Å². The van der Waals surface area contributed by atoms with Crippen molar-refractivity contribution in [2.45, 2.75) is 32.0 Å². The Balaban J connectivity index is 1.57. The fraction of sp³-hybridized carbons (Fsp3) is 0.600. The van der Waals surface area contributed by atoms with Crippen molar-refractivity contribution in [3.05, 3.63) is 35.4 Å². The van der Waals surface area contributed by atoms with Crippen LogP contribution in [0.5, 0.6) is 0 Å². The number of hydrogen-bond donors (Lipinski definition) is 1. The molecule has 2 saturated heterocycles. The van der Waals surface area contributed by atoms with Gasteiger partial charge in [0.1, 0.15) is 0 Å². The summed E-state index contributed by atoms with van der Waals surface area (Å²) in [7, 11) is 1.92. The summed E-state index contributed by atoms with van der Waals surface area (Å²) in [5.41, 5.74) is -0.308. The maximum Gasteiger partial charge on any atom is 0.416 e. The largest absolute Gasteiger partial charge is 0.416 e. The van der Waals surface area contributed by atoms with Gasteiger partial charge in [0.05, 0.1) is 11.5 Å². The van der Waals surface area contributed by atoms with Crippen LogP contribution in [0.2, 0.25) is 0 Å². The number of benzene rings is 1. The van der Waals surface area contributed by atoms with Gasteiger partial charge in [-0.3, -0.25) is 9.59 Å². The van der Waals surface area contributed by atoms with Gasteiger partial charge in [0, 0.05) is 32.6 Å². The van der Waals surface area contributed by atoms with Crippen molar-refractivity contribution < 1.29 is 22.8 Å². The summed E-state index contributed by atoms with van der Waals surface area (Å²) >= 11 is 0. The number of nitrogens with one attached hydrogen (secondary N) is 1. The highest BCUT2D eigenvalue weighted by Crippen LogP contribution is 2.30. The topological polar surface area (TPSA) is 52.7 Å². The molecule has 1 N–H and O–H groups in total. The number of nitrogens with zero attached hydrogens (tertiary/aromatic N) is 2. The van der Waals surface area contributed by atoms with Crippen LogP contribution < -0.4 is 5.32 Å². The van der Waals surface area contributed by atoms with Gasteiger partial charge in [0.15, 0.2) is 0 Å². The number of alkyl halides is 3. The molecule has 28 heavy (non-hydrogen) atoms. The van der Waals surface area contributed by atoms with Crippen molar-refractivity contribution in [1.82, 2.24) is 15.1 Å². The zero-order chi connectivity index (χ0) is 20.3. The molecule has 2 amide bonds. The second-order valence-corrected chi connectivity index (χ2v) is 7.70. The highest BCUT2D eigenvalue weighted by atomic mass is 19.4. The smallest absolute Gasteiger partial charge is 0.342 e. The van der Waals surface area contributed by atoms with Crippen molar-refractivity contribution in [2.24, 2.45) is 11.8 Å². The van der Waals surface area contributed by atoms with Crippen molar-refractivity contribution in [3.63, 3.8) is 0 Å². The van der Waals surface area contributed by atoms with Gasteiger partial charge in [-0.15, -0.1) is 0 Å². The average molecular weight is 397 g/mol. The third-order valence-corrected chi connectivity index (χ3v) is 5.61. The molecule has 0 saturated carbocycles. The summed E-state index contributed by atoms with van der Waals surface area (Å²) < 4.78 is 38.6. The lowest BCUT2D eigenvalue weighted by Crippen LogP contribution is -2.43. The standard InChI is InChI=1S/C20H26F3N3O2/c1-24-11-14-5-7-25(8-6-14)19(28)16-10-18(27)26(13-16)12-15-3-2-4-17(9-15)20(21,22)23/h2-4,9,14,16,24H,5-8,10-13H2,1H3. The molecule has 1 aromatic rings. The van der Waals surface area contributed by atoms with Crippen LogP contribution in [0.25, 0.3) is 0 Å². The molecule has 0 aliphatic carbocycles. The van der Waals surface area contributed by atoms with E-state index in [9.17, 15) is 22.8 Å². The van der Waals surface area contributed by atoms with Crippen LogP contribution in [0, 0.1) is 11.8 Å². The van der Waals surface area contributed by atoms with Crippen LogP contribution in [-0.4, -0.2) is 54.8 Å². The van der Waals surface area contributed by atoms with Crippen LogP contribution in [0.15, 0.2) is 24.3 Å². The van der Waals surface area contributed by atoms with Gasteiger partial charge in [-0.1, -0.05) is 12.1 Å². The lowest BCUT2D eigenvalue weighted by Gasteiger charge is -2.33. The molecule has 1 unspecified atom stereocenters. The quantitative estimate of drug-likeness (QED) is 0.831. The Morgan fingerprint density at radius 2 is 1.96 bits per heavy atom.